The number of benzene rings is 1. The van der Waals surface area contributed by atoms with Gasteiger partial charge in [-0.05, 0) is 29.2 Å². The Bertz CT molecular complexity index is 336. The van der Waals surface area contributed by atoms with Gasteiger partial charge < -0.3 is 5.11 Å². The molecule has 0 spiro atoms. The monoisotopic (exact) mass is 175 g/mol. The van der Waals surface area contributed by atoms with Gasteiger partial charge in [-0.25, -0.2) is 0 Å². The summed E-state index contributed by atoms with van der Waals surface area (Å²) in [6, 6.07) is 7.41. The molecular formula is C11H13NO. The van der Waals surface area contributed by atoms with Crippen LogP contribution in [-0.4, -0.2) is 5.11 Å². The van der Waals surface area contributed by atoms with Gasteiger partial charge in [0, 0.05) is 0 Å². The highest BCUT2D eigenvalue weighted by atomic mass is 16.3. The summed E-state index contributed by atoms with van der Waals surface area (Å²) in [6.07, 6.45) is 0.355. The van der Waals surface area contributed by atoms with Gasteiger partial charge in [0.25, 0.3) is 0 Å². The van der Waals surface area contributed by atoms with Gasteiger partial charge in [-0.1, -0.05) is 19.9 Å². The van der Waals surface area contributed by atoms with Crippen LogP contribution in [0.25, 0.3) is 0 Å². The van der Waals surface area contributed by atoms with E-state index >= 15 is 0 Å². The fourth-order valence-corrected chi connectivity index (χ4v) is 1.23. The standard InChI is InChI=1S/C11H13NO/c1-8(2)10-5-9(3-4-12)6-11(13)7-10/h5-8,13H,3H2,1-2H3. The third-order valence-corrected chi connectivity index (χ3v) is 1.95. The number of nitriles is 1. The Balaban J connectivity index is 3.05. The molecule has 13 heavy (non-hydrogen) atoms. The largest absolute Gasteiger partial charge is 0.508 e. The molecule has 0 aliphatic carbocycles. The van der Waals surface area contributed by atoms with Crippen LogP contribution in [0.4, 0.5) is 0 Å². The summed E-state index contributed by atoms with van der Waals surface area (Å²) in [4.78, 5) is 0. The highest BCUT2D eigenvalue weighted by molar-refractivity contribution is 5.36. The predicted octanol–water partition coefficient (Wildman–Crippen LogP) is 2.58. The second-order valence-corrected chi connectivity index (χ2v) is 3.42. The van der Waals surface area contributed by atoms with Crippen LogP contribution in [0, 0.1) is 11.3 Å². The van der Waals surface area contributed by atoms with E-state index < -0.39 is 0 Å². The van der Waals surface area contributed by atoms with Gasteiger partial charge in [-0.2, -0.15) is 5.26 Å². The Morgan fingerprint density at radius 3 is 2.62 bits per heavy atom. The summed E-state index contributed by atoms with van der Waals surface area (Å²) < 4.78 is 0. The highest BCUT2D eigenvalue weighted by Crippen LogP contribution is 2.22. The van der Waals surface area contributed by atoms with Crippen molar-refractivity contribution in [3.8, 4) is 11.8 Å². The molecule has 0 atom stereocenters. The first-order chi connectivity index (χ1) is 6.13. The van der Waals surface area contributed by atoms with Crippen LogP contribution in [0.15, 0.2) is 18.2 Å². The van der Waals surface area contributed by atoms with Crippen molar-refractivity contribution in [1.29, 1.82) is 5.26 Å². The molecule has 0 amide bonds. The van der Waals surface area contributed by atoms with Crippen LogP contribution in [0.3, 0.4) is 0 Å². The van der Waals surface area contributed by atoms with Crippen molar-refractivity contribution < 1.29 is 5.11 Å². The summed E-state index contributed by atoms with van der Waals surface area (Å²) >= 11 is 0. The van der Waals surface area contributed by atoms with Gasteiger partial charge in [0.05, 0.1) is 12.5 Å². The molecule has 0 saturated carbocycles. The lowest BCUT2D eigenvalue weighted by Gasteiger charge is -2.07. The number of phenolic OH excluding ortho intramolecular Hbond substituents is 1. The maximum atomic E-state index is 9.36. The second-order valence-electron chi connectivity index (χ2n) is 3.42. The summed E-state index contributed by atoms with van der Waals surface area (Å²) in [5.74, 6) is 0.626. The third-order valence-electron chi connectivity index (χ3n) is 1.95. The Labute approximate surface area is 78.4 Å². The highest BCUT2D eigenvalue weighted by Gasteiger charge is 2.03. The molecule has 68 valence electrons. The van der Waals surface area contributed by atoms with Crippen molar-refractivity contribution in [2.75, 3.05) is 0 Å². The molecule has 0 fully saturated rings. The molecule has 0 bridgehead atoms. The zero-order chi connectivity index (χ0) is 9.84. The van der Waals surface area contributed by atoms with Gasteiger partial charge in [0.15, 0.2) is 0 Å². The third kappa shape index (κ3) is 2.48. The molecule has 0 unspecified atom stereocenters. The average Bonchev–Trinajstić information content (AvgIpc) is 2.03. The molecule has 0 saturated heterocycles. The van der Waals surface area contributed by atoms with Gasteiger partial charge in [-0.3, -0.25) is 0 Å². The van der Waals surface area contributed by atoms with Gasteiger partial charge in [0.1, 0.15) is 5.75 Å². The lowest BCUT2D eigenvalue weighted by Crippen LogP contribution is -1.90. The van der Waals surface area contributed by atoms with Gasteiger partial charge in [-0.15, -0.1) is 0 Å². The van der Waals surface area contributed by atoms with E-state index in [0.29, 0.717) is 12.3 Å². The minimum absolute atomic E-state index is 0.247. The molecule has 0 aliphatic rings. The summed E-state index contributed by atoms with van der Waals surface area (Å²) in [6.45, 7) is 4.12. The van der Waals surface area contributed by atoms with Crippen molar-refractivity contribution in [3.05, 3.63) is 29.3 Å². The molecule has 1 aromatic carbocycles. The zero-order valence-electron chi connectivity index (χ0n) is 7.91. The van der Waals surface area contributed by atoms with Crippen LogP contribution in [0.2, 0.25) is 0 Å². The van der Waals surface area contributed by atoms with Gasteiger partial charge in [0.2, 0.25) is 0 Å². The maximum absolute atomic E-state index is 9.36. The first-order valence-electron chi connectivity index (χ1n) is 4.33. The van der Waals surface area contributed by atoms with Crippen molar-refractivity contribution >= 4 is 0 Å². The Morgan fingerprint density at radius 2 is 2.08 bits per heavy atom. The van der Waals surface area contributed by atoms with Gasteiger partial charge >= 0.3 is 0 Å². The number of aromatic hydroxyl groups is 1. The molecule has 0 aliphatic heterocycles. The van der Waals surface area contributed by atoms with E-state index in [9.17, 15) is 5.11 Å². The van der Waals surface area contributed by atoms with Crippen LogP contribution in [-0.2, 0) is 6.42 Å². The number of hydrogen-bond acceptors (Lipinski definition) is 2. The molecule has 0 radical (unpaired) electrons. The number of phenols is 1. The second kappa shape index (κ2) is 3.95. The SMILES string of the molecule is CC(C)c1cc(O)cc(CC#N)c1. The molecule has 1 N–H and O–H groups in total. The van der Waals surface area contributed by atoms with E-state index in [1.54, 1.807) is 12.1 Å². The molecule has 0 aromatic heterocycles. The predicted molar refractivity (Wildman–Crippen MR) is 51.5 cm³/mol. The lowest BCUT2D eigenvalue weighted by molar-refractivity contribution is 0.473. The quantitative estimate of drug-likeness (QED) is 0.750. The molecular weight excluding hydrogens is 162 g/mol. The molecule has 1 rings (SSSR count). The van der Waals surface area contributed by atoms with E-state index in [2.05, 4.69) is 19.9 Å². The van der Waals surface area contributed by atoms with E-state index in [1.807, 2.05) is 6.07 Å². The van der Waals surface area contributed by atoms with Crippen LogP contribution in [0.1, 0.15) is 30.9 Å². The number of hydrogen-bond donors (Lipinski definition) is 1. The normalized spacial score (nSPS) is 10.0. The van der Waals surface area contributed by atoms with E-state index in [4.69, 9.17) is 5.26 Å². The van der Waals surface area contributed by atoms with E-state index in [-0.39, 0.29) is 5.75 Å². The topological polar surface area (TPSA) is 44.0 Å². The maximum Gasteiger partial charge on any atom is 0.116 e. The Morgan fingerprint density at radius 1 is 1.38 bits per heavy atom. The van der Waals surface area contributed by atoms with Crippen molar-refractivity contribution in [2.45, 2.75) is 26.2 Å². The van der Waals surface area contributed by atoms with Crippen molar-refractivity contribution in [3.63, 3.8) is 0 Å². The Hall–Kier alpha value is -1.49. The van der Waals surface area contributed by atoms with E-state index in [1.165, 1.54) is 0 Å². The molecule has 2 nitrogen and oxygen atoms in total. The van der Waals surface area contributed by atoms with E-state index in [0.717, 1.165) is 11.1 Å². The fourth-order valence-electron chi connectivity index (χ4n) is 1.23. The smallest absolute Gasteiger partial charge is 0.116 e. The number of rotatable bonds is 2. The fraction of sp³-hybridized carbons (Fsp3) is 0.364. The molecule has 0 heterocycles. The summed E-state index contributed by atoms with van der Waals surface area (Å²) in [5, 5.41) is 17.9. The first-order valence-corrected chi connectivity index (χ1v) is 4.33. The lowest BCUT2D eigenvalue weighted by atomic mass is 9.99. The van der Waals surface area contributed by atoms with Crippen LogP contribution in [0.5, 0.6) is 5.75 Å². The minimum Gasteiger partial charge on any atom is -0.508 e. The minimum atomic E-state index is 0.247. The van der Waals surface area contributed by atoms with Crippen molar-refractivity contribution in [1.82, 2.24) is 0 Å². The Kier molecular flexibility index (Phi) is 2.92. The van der Waals surface area contributed by atoms with Crippen LogP contribution >= 0.6 is 0 Å². The summed E-state index contributed by atoms with van der Waals surface area (Å²) in [5.41, 5.74) is 1.96. The van der Waals surface area contributed by atoms with Crippen molar-refractivity contribution in [2.24, 2.45) is 0 Å². The molecule has 1 aromatic rings. The summed E-state index contributed by atoms with van der Waals surface area (Å²) in [7, 11) is 0. The van der Waals surface area contributed by atoms with Crippen LogP contribution < -0.4 is 0 Å². The molecule has 2 heteroatoms. The first kappa shape index (κ1) is 9.60. The zero-order valence-corrected chi connectivity index (χ0v) is 7.91. The average molecular weight is 175 g/mol. The number of nitrogens with zero attached hydrogens (tertiary/aromatic N) is 1.